The van der Waals surface area contributed by atoms with Crippen LogP contribution in [0.1, 0.15) is 250 Å². The van der Waals surface area contributed by atoms with Crippen molar-refractivity contribution < 1.29 is 0 Å². The highest BCUT2D eigenvalue weighted by Crippen LogP contribution is 2.33. The summed E-state index contributed by atoms with van der Waals surface area (Å²) >= 11 is 0. The lowest BCUT2D eigenvalue weighted by Gasteiger charge is -2.09. The fourth-order valence-corrected chi connectivity index (χ4v) is 4.30. The fourth-order valence-electron chi connectivity index (χ4n) is 4.30. The van der Waals surface area contributed by atoms with E-state index in [9.17, 15) is 0 Å². The molecule has 0 bridgehead atoms. The molecule has 3 unspecified atom stereocenters. The van der Waals surface area contributed by atoms with Crippen molar-refractivity contribution in [2.24, 2.45) is 23.7 Å². The van der Waals surface area contributed by atoms with Gasteiger partial charge >= 0.3 is 0 Å². The first-order chi connectivity index (χ1) is 20.3. The van der Waals surface area contributed by atoms with Crippen molar-refractivity contribution in [1.29, 1.82) is 0 Å². The van der Waals surface area contributed by atoms with E-state index in [4.69, 9.17) is 0 Å². The number of rotatable bonds is 23. The molecule has 1 aliphatic rings. The minimum absolute atomic E-state index is 0. The van der Waals surface area contributed by atoms with Gasteiger partial charge in [0.15, 0.2) is 0 Å². The van der Waals surface area contributed by atoms with Crippen molar-refractivity contribution in [2.45, 2.75) is 250 Å². The molecule has 1 aliphatic carbocycles. The van der Waals surface area contributed by atoms with Gasteiger partial charge in [0.1, 0.15) is 0 Å². The molecule has 0 aromatic carbocycles. The predicted octanol–water partition coefficient (Wildman–Crippen LogP) is 17.0. The number of hydrogen-bond acceptors (Lipinski definition) is 1. The predicted molar refractivity (Wildman–Crippen MR) is 207 cm³/mol. The highest BCUT2D eigenvalue weighted by atomic mass is 14.2. The largest absolute Gasteiger partial charge is 0.344 e. The van der Waals surface area contributed by atoms with Crippen LogP contribution in [0.25, 0.3) is 0 Å². The van der Waals surface area contributed by atoms with E-state index in [1.165, 1.54) is 167 Å². The van der Waals surface area contributed by atoms with Crippen molar-refractivity contribution in [3.05, 3.63) is 0 Å². The van der Waals surface area contributed by atoms with E-state index in [0.717, 1.165) is 23.7 Å². The molecular formula is C42H95N. The smallest absolute Gasteiger partial charge is 0.0414 e. The summed E-state index contributed by atoms with van der Waals surface area (Å²) in [6.07, 6.45) is 37.0. The van der Waals surface area contributed by atoms with E-state index in [-0.39, 0.29) is 6.15 Å². The molecule has 0 spiro atoms. The molecule has 0 aromatic rings. The molecule has 1 nitrogen and oxygen atoms in total. The minimum Gasteiger partial charge on any atom is -0.344 e. The Morgan fingerprint density at radius 2 is 0.651 bits per heavy atom. The van der Waals surface area contributed by atoms with Crippen molar-refractivity contribution in [1.82, 2.24) is 6.15 Å². The molecule has 0 heterocycles. The van der Waals surface area contributed by atoms with Crippen LogP contribution in [0.15, 0.2) is 0 Å². The normalized spacial score (nSPS) is 13.7. The third-order valence-corrected chi connectivity index (χ3v) is 9.20. The summed E-state index contributed by atoms with van der Waals surface area (Å²) in [6, 6.07) is 0. The first-order valence-electron chi connectivity index (χ1n) is 20.3. The molecule has 3 atom stereocenters. The van der Waals surface area contributed by atoms with Crippen molar-refractivity contribution in [3.8, 4) is 0 Å². The molecule has 0 amide bonds. The van der Waals surface area contributed by atoms with Crippen LogP contribution in [0.3, 0.4) is 0 Å². The molecule has 43 heavy (non-hydrogen) atoms. The molecular weight excluding hydrogens is 518 g/mol. The summed E-state index contributed by atoms with van der Waals surface area (Å²) in [5.41, 5.74) is 0. The van der Waals surface area contributed by atoms with Gasteiger partial charge < -0.3 is 6.15 Å². The van der Waals surface area contributed by atoms with Crippen LogP contribution in [0.2, 0.25) is 0 Å². The maximum Gasteiger partial charge on any atom is -0.0414 e. The monoisotopic (exact) mass is 614 g/mol. The van der Waals surface area contributed by atoms with Crippen LogP contribution in [-0.4, -0.2) is 0 Å². The van der Waals surface area contributed by atoms with Gasteiger partial charge in [-0.2, -0.15) is 0 Å². The standard InChI is InChI=1S/C15H32.C12H26.C7H14.2C4H10.H3N/c1-5-14(3)12-10-8-7-9-11-13-15(4)6-2;1-4-6-7-8-9-10-11-12(3)5-2;1-2-3-4-7-5-6-7;2*1-3-4-2;/h14-15H,5-13H2,1-4H3;12H,4-11H2,1-3H3;7H,2-6H2,1H3;2*3-4H2,1-2H3;1H3. The Labute approximate surface area is 279 Å². The van der Waals surface area contributed by atoms with Crippen LogP contribution in [-0.2, 0) is 0 Å². The molecule has 0 aliphatic heterocycles. The van der Waals surface area contributed by atoms with Crippen molar-refractivity contribution in [3.63, 3.8) is 0 Å². The van der Waals surface area contributed by atoms with Gasteiger partial charge in [-0.15, -0.1) is 0 Å². The van der Waals surface area contributed by atoms with E-state index in [1.807, 2.05) is 0 Å². The third kappa shape index (κ3) is 61.7. The van der Waals surface area contributed by atoms with Crippen LogP contribution in [0.4, 0.5) is 0 Å². The maximum atomic E-state index is 2.38. The summed E-state index contributed by atoms with van der Waals surface area (Å²) in [4.78, 5) is 0. The fraction of sp³-hybridized carbons (Fsp3) is 1.00. The van der Waals surface area contributed by atoms with Gasteiger partial charge in [-0.1, -0.05) is 250 Å². The molecule has 0 radical (unpaired) electrons. The summed E-state index contributed by atoms with van der Waals surface area (Å²) in [5, 5.41) is 0. The Bertz CT molecular complexity index is 380. The highest BCUT2D eigenvalue weighted by Gasteiger charge is 2.19. The van der Waals surface area contributed by atoms with E-state index < -0.39 is 0 Å². The van der Waals surface area contributed by atoms with E-state index in [0.29, 0.717) is 0 Å². The van der Waals surface area contributed by atoms with E-state index in [2.05, 4.69) is 83.1 Å². The van der Waals surface area contributed by atoms with Gasteiger partial charge in [-0.25, -0.2) is 0 Å². The summed E-state index contributed by atoms with van der Waals surface area (Å²) < 4.78 is 0. The van der Waals surface area contributed by atoms with Gasteiger partial charge in [-0.05, 0) is 23.7 Å². The molecule has 1 saturated carbocycles. The maximum absolute atomic E-state index is 2.38. The molecule has 0 aromatic heterocycles. The first-order valence-corrected chi connectivity index (χ1v) is 20.3. The first kappa shape index (κ1) is 52.5. The van der Waals surface area contributed by atoms with Gasteiger partial charge in [0, 0.05) is 0 Å². The molecule has 1 fully saturated rings. The average Bonchev–Trinajstić information content (AvgIpc) is 3.86. The molecule has 268 valence electrons. The Hall–Kier alpha value is -0.0400. The average molecular weight is 614 g/mol. The summed E-state index contributed by atoms with van der Waals surface area (Å²) in [6.45, 7) is 27.3. The van der Waals surface area contributed by atoms with Crippen LogP contribution in [0, 0.1) is 23.7 Å². The van der Waals surface area contributed by atoms with Crippen molar-refractivity contribution in [2.75, 3.05) is 0 Å². The Kier molecular flexibility index (Phi) is 59.6. The second kappa shape index (κ2) is 48.9. The third-order valence-electron chi connectivity index (χ3n) is 9.20. The Balaban J connectivity index is -0.000000152. The highest BCUT2D eigenvalue weighted by molar-refractivity contribution is 4.72. The lowest BCUT2D eigenvalue weighted by molar-refractivity contribution is 0.451. The summed E-state index contributed by atoms with van der Waals surface area (Å²) in [7, 11) is 0. The quantitative estimate of drug-likeness (QED) is 0.114. The lowest BCUT2D eigenvalue weighted by Crippen LogP contribution is -1.93. The van der Waals surface area contributed by atoms with Gasteiger partial charge in [0.05, 0.1) is 0 Å². The Morgan fingerprint density at radius 3 is 0.884 bits per heavy atom. The number of hydrogen-bond donors (Lipinski definition) is 1. The second-order valence-electron chi connectivity index (χ2n) is 14.0. The van der Waals surface area contributed by atoms with Crippen molar-refractivity contribution >= 4 is 0 Å². The minimum atomic E-state index is 0. The molecule has 0 saturated heterocycles. The topological polar surface area (TPSA) is 35.0 Å². The van der Waals surface area contributed by atoms with Crippen LogP contribution in [0.5, 0.6) is 0 Å². The number of unbranched alkanes of at least 4 members (excludes halogenated alkanes) is 12. The van der Waals surface area contributed by atoms with Crippen LogP contribution < -0.4 is 6.15 Å². The van der Waals surface area contributed by atoms with E-state index in [1.54, 1.807) is 0 Å². The molecule has 1 rings (SSSR count). The molecule has 1 heteroatoms. The van der Waals surface area contributed by atoms with Crippen LogP contribution >= 0.6 is 0 Å². The zero-order chi connectivity index (χ0) is 32.7. The second-order valence-corrected chi connectivity index (χ2v) is 14.0. The zero-order valence-corrected chi connectivity index (χ0v) is 33.4. The summed E-state index contributed by atoms with van der Waals surface area (Å²) in [5.74, 6) is 4.01. The Morgan fingerprint density at radius 1 is 0.372 bits per heavy atom. The van der Waals surface area contributed by atoms with Gasteiger partial charge in [0.2, 0.25) is 0 Å². The van der Waals surface area contributed by atoms with Gasteiger partial charge in [0.25, 0.3) is 0 Å². The van der Waals surface area contributed by atoms with E-state index >= 15 is 0 Å². The van der Waals surface area contributed by atoms with Gasteiger partial charge in [-0.3, -0.25) is 0 Å². The SMILES string of the molecule is CCC(C)CCCCCCCC(C)CC.CCCC.CCCC.CCCCC1CC1.CCCCCCCCC(C)CC.N. The lowest BCUT2D eigenvalue weighted by atomic mass is 9.98. The zero-order valence-electron chi connectivity index (χ0n) is 33.4. The molecule has 3 N–H and O–H groups in total.